The number of hydrogen-bond donors (Lipinski definition) is 1. The van der Waals surface area contributed by atoms with Gasteiger partial charge in [-0.05, 0) is 25.7 Å². The first-order valence-electron chi connectivity index (χ1n) is 8.76. The largest absolute Gasteiger partial charge is 0.356 e. The molecule has 0 aromatic carbocycles. The lowest BCUT2D eigenvalue weighted by atomic mass is 9.99. The summed E-state index contributed by atoms with van der Waals surface area (Å²) in [5, 5.41) is 2.97. The van der Waals surface area contributed by atoms with Crippen LogP contribution in [-0.2, 0) is 14.8 Å². The van der Waals surface area contributed by atoms with E-state index in [1.165, 1.54) is 23.6 Å². The highest BCUT2D eigenvalue weighted by Crippen LogP contribution is 2.20. The highest BCUT2D eigenvalue weighted by atomic mass is 32.2. The second-order valence-corrected chi connectivity index (χ2v) is 8.31. The van der Waals surface area contributed by atoms with E-state index in [1.54, 1.807) is 0 Å². The van der Waals surface area contributed by atoms with Crippen LogP contribution in [0.3, 0.4) is 0 Å². The summed E-state index contributed by atoms with van der Waals surface area (Å²) in [6.45, 7) is 5.67. The Hall–Kier alpha value is -0.620. The molecular weight excluding hydrogens is 300 g/mol. The number of unbranched alkanes of at least 4 members (excludes halogenated alkanes) is 4. The summed E-state index contributed by atoms with van der Waals surface area (Å²) < 4.78 is 25.7. The molecule has 1 aliphatic heterocycles. The predicted molar refractivity (Wildman–Crippen MR) is 90.1 cm³/mol. The van der Waals surface area contributed by atoms with Crippen LogP contribution in [0.5, 0.6) is 0 Å². The number of rotatable bonds is 10. The molecule has 0 aromatic heterocycles. The second kappa shape index (κ2) is 10.2. The molecule has 22 heavy (non-hydrogen) atoms. The molecule has 0 bridgehead atoms. The van der Waals surface area contributed by atoms with E-state index in [0.29, 0.717) is 26.1 Å². The van der Waals surface area contributed by atoms with Gasteiger partial charge in [0.05, 0.1) is 11.7 Å². The molecule has 0 radical (unpaired) electrons. The normalized spacial score (nSPS) is 20.0. The standard InChI is InChI=1S/C16H32N2O3S/c1-3-5-6-7-8-11-17-16(19)15-10-9-12-18(14-15)22(20,21)13-4-2/h15H,3-14H2,1-2H3,(H,17,19)/t15-/m0/s1. The third kappa shape index (κ3) is 6.65. The Morgan fingerprint density at radius 3 is 2.55 bits per heavy atom. The SMILES string of the molecule is CCCCCCCNC(=O)[C@H]1CCCN(S(=O)(=O)CCC)C1. The zero-order valence-corrected chi connectivity index (χ0v) is 15.0. The lowest BCUT2D eigenvalue weighted by molar-refractivity contribution is -0.126. The van der Waals surface area contributed by atoms with Gasteiger partial charge in [0.25, 0.3) is 0 Å². The van der Waals surface area contributed by atoms with Crippen molar-refractivity contribution >= 4 is 15.9 Å². The first kappa shape index (κ1) is 19.4. The highest BCUT2D eigenvalue weighted by molar-refractivity contribution is 7.89. The second-order valence-electron chi connectivity index (χ2n) is 6.22. The van der Waals surface area contributed by atoms with Crippen molar-refractivity contribution in [1.82, 2.24) is 9.62 Å². The summed E-state index contributed by atoms with van der Waals surface area (Å²) in [4.78, 5) is 12.2. The third-order valence-corrected chi connectivity index (χ3v) is 6.23. The molecule has 0 aromatic rings. The fourth-order valence-electron chi connectivity index (χ4n) is 2.88. The van der Waals surface area contributed by atoms with Gasteiger partial charge in [0, 0.05) is 19.6 Å². The van der Waals surface area contributed by atoms with E-state index in [-0.39, 0.29) is 17.6 Å². The third-order valence-electron chi connectivity index (χ3n) is 4.19. The molecule has 0 saturated carbocycles. The van der Waals surface area contributed by atoms with Crippen molar-refractivity contribution in [2.24, 2.45) is 5.92 Å². The lowest BCUT2D eigenvalue weighted by Crippen LogP contribution is -2.46. The summed E-state index contributed by atoms with van der Waals surface area (Å²) in [6, 6.07) is 0. The molecule has 0 spiro atoms. The van der Waals surface area contributed by atoms with Crippen molar-refractivity contribution in [2.45, 2.75) is 65.2 Å². The minimum atomic E-state index is -3.18. The van der Waals surface area contributed by atoms with Gasteiger partial charge in [-0.3, -0.25) is 4.79 Å². The van der Waals surface area contributed by atoms with E-state index < -0.39 is 10.0 Å². The Bertz CT molecular complexity index is 423. The van der Waals surface area contributed by atoms with Crippen LogP contribution in [0.25, 0.3) is 0 Å². The predicted octanol–water partition coefficient (Wildman–Crippen LogP) is 2.52. The minimum Gasteiger partial charge on any atom is -0.356 e. The van der Waals surface area contributed by atoms with E-state index in [4.69, 9.17) is 0 Å². The van der Waals surface area contributed by atoms with Crippen LogP contribution in [0.4, 0.5) is 0 Å². The zero-order chi connectivity index (χ0) is 16.4. The fraction of sp³-hybridized carbons (Fsp3) is 0.938. The van der Waals surface area contributed by atoms with Gasteiger partial charge in [-0.2, -0.15) is 0 Å². The zero-order valence-electron chi connectivity index (χ0n) is 14.1. The Labute approximate surface area is 135 Å². The van der Waals surface area contributed by atoms with Crippen molar-refractivity contribution in [3.05, 3.63) is 0 Å². The maximum Gasteiger partial charge on any atom is 0.224 e. The van der Waals surface area contributed by atoms with Gasteiger partial charge in [-0.1, -0.05) is 39.5 Å². The Balaban J connectivity index is 2.33. The van der Waals surface area contributed by atoms with E-state index in [0.717, 1.165) is 25.7 Å². The first-order chi connectivity index (χ1) is 10.5. The molecular formula is C16H32N2O3S. The number of carbonyl (C=O) groups is 1. The van der Waals surface area contributed by atoms with E-state index in [9.17, 15) is 13.2 Å². The number of nitrogens with one attached hydrogen (secondary N) is 1. The lowest BCUT2D eigenvalue weighted by Gasteiger charge is -2.31. The van der Waals surface area contributed by atoms with Gasteiger partial charge < -0.3 is 5.32 Å². The van der Waals surface area contributed by atoms with E-state index in [2.05, 4.69) is 12.2 Å². The van der Waals surface area contributed by atoms with Gasteiger partial charge >= 0.3 is 0 Å². The smallest absolute Gasteiger partial charge is 0.224 e. The topological polar surface area (TPSA) is 66.5 Å². The van der Waals surface area contributed by atoms with Crippen LogP contribution < -0.4 is 5.32 Å². The maximum atomic E-state index is 12.2. The number of hydrogen-bond acceptors (Lipinski definition) is 3. The molecule has 1 heterocycles. The van der Waals surface area contributed by atoms with Crippen molar-refractivity contribution in [3.8, 4) is 0 Å². The number of amides is 1. The van der Waals surface area contributed by atoms with Gasteiger partial charge in [-0.25, -0.2) is 12.7 Å². The number of piperidine rings is 1. The van der Waals surface area contributed by atoms with Crippen molar-refractivity contribution < 1.29 is 13.2 Å². The molecule has 5 nitrogen and oxygen atoms in total. The summed E-state index contributed by atoms with van der Waals surface area (Å²) >= 11 is 0. The monoisotopic (exact) mass is 332 g/mol. The Kier molecular flexibility index (Phi) is 9.02. The molecule has 1 atom stereocenters. The summed E-state index contributed by atoms with van der Waals surface area (Å²) in [7, 11) is -3.18. The maximum absolute atomic E-state index is 12.2. The molecule has 6 heteroatoms. The van der Waals surface area contributed by atoms with Crippen LogP contribution in [-0.4, -0.2) is 44.0 Å². The molecule has 0 unspecified atom stereocenters. The summed E-state index contributed by atoms with van der Waals surface area (Å²) in [6.07, 6.45) is 8.03. The molecule has 1 amide bonds. The molecule has 1 saturated heterocycles. The van der Waals surface area contributed by atoms with Crippen LogP contribution in [0.2, 0.25) is 0 Å². The van der Waals surface area contributed by atoms with Gasteiger partial charge in [0.1, 0.15) is 0 Å². The number of nitrogens with zero attached hydrogens (tertiary/aromatic N) is 1. The average Bonchev–Trinajstić information content (AvgIpc) is 2.50. The number of sulfonamides is 1. The first-order valence-corrected chi connectivity index (χ1v) is 10.4. The van der Waals surface area contributed by atoms with Gasteiger partial charge in [0.2, 0.25) is 15.9 Å². The molecule has 0 aliphatic carbocycles. The van der Waals surface area contributed by atoms with Gasteiger partial charge in [-0.15, -0.1) is 0 Å². The highest BCUT2D eigenvalue weighted by Gasteiger charge is 2.31. The van der Waals surface area contributed by atoms with Crippen LogP contribution in [0, 0.1) is 5.92 Å². The molecule has 1 aliphatic rings. The number of carbonyl (C=O) groups excluding carboxylic acids is 1. The van der Waals surface area contributed by atoms with Gasteiger partial charge in [0.15, 0.2) is 0 Å². The summed E-state index contributed by atoms with van der Waals surface area (Å²) in [5.41, 5.74) is 0. The molecule has 130 valence electrons. The van der Waals surface area contributed by atoms with Crippen molar-refractivity contribution in [2.75, 3.05) is 25.4 Å². The van der Waals surface area contributed by atoms with Crippen LogP contribution >= 0.6 is 0 Å². The van der Waals surface area contributed by atoms with Crippen molar-refractivity contribution in [1.29, 1.82) is 0 Å². The summed E-state index contributed by atoms with van der Waals surface area (Å²) in [5.74, 6) is 0.0154. The van der Waals surface area contributed by atoms with Crippen molar-refractivity contribution in [3.63, 3.8) is 0 Å². The van der Waals surface area contributed by atoms with E-state index in [1.807, 2.05) is 6.92 Å². The average molecular weight is 333 g/mol. The minimum absolute atomic E-state index is 0.0203. The quantitative estimate of drug-likeness (QED) is 0.625. The Morgan fingerprint density at radius 2 is 1.86 bits per heavy atom. The fourth-order valence-corrected chi connectivity index (χ4v) is 4.47. The van der Waals surface area contributed by atoms with Crippen LogP contribution in [0.15, 0.2) is 0 Å². The molecule has 1 rings (SSSR count). The van der Waals surface area contributed by atoms with E-state index >= 15 is 0 Å². The molecule has 1 fully saturated rings. The Morgan fingerprint density at radius 1 is 1.14 bits per heavy atom. The molecule has 1 N–H and O–H groups in total. The van der Waals surface area contributed by atoms with Crippen LogP contribution in [0.1, 0.15) is 65.2 Å².